The molecule has 0 saturated heterocycles. The van der Waals surface area contributed by atoms with Crippen LogP contribution in [0.2, 0.25) is 0 Å². The molecule has 0 nitrogen and oxygen atoms in total. The van der Waals surface area contributed by atoms with E-state index in [4.69, 9.17) is 0 Å². The van der Waals surface area contributed by atoms with E-state index in [-0.39, 0.29) is 0 Å². The maximum absolute atomic E-state index is 2.54. The average Bonchev–Trinajstić information content (AvgIpc) is 2.78. The Morgan fingerprint density at radius 2 is 0.964 bits per heavy atom. The number of hydrogen-bond acceptors (Lipinski definition) is 0. The van der Waals surface area contributed by atoms with Crippen LogP contribution in [0.5, 0.6) is 0 Å². The highest BCUT2D eigenvalue weighted by Crippen LogP contribution is 2.46. The van der Waals surface area contributed by atoms with Gasteiger partial charge in [0.15, 0.2) is 0 Å². The summed E-state index contributed by atoms with van der Waals surface area (Å²) in [7, 11) is 0. The molecule has 0 spiro atoms. The van der Waals surface area contributed by atoms with Crippen molar-refractivity contribution in [1.82, 2.24) is 0 Å². The van der Waals surface area contributed by atoms with Gasteiger partial charge in [-0.3, -0.25) is 0 Å². The van der Waals surface area contributed by atoms with Crippen molar-refractivity contribution in [2.75, 3.05) is 0 Å². The first-order valence-corrected chi connectivity index (χ1v) is 11.6. The molecule has 0 unspecified atom stereocenters. The molecule has 2 aliphatic carbocycles. The van der Waals surface area contributed by atoms with E-state index in [1.165, 1.54) is 80.4 Å². The Bertz CT molecular complexity index is 1040. The molecule has 4 aromatic rings. The van der Waals surface area contributed by atoms with Gasteiger partial charge >= 0.3 is 0 Å². The van der Waals surface area contributed by atoms with Crippen LogP contribution in [0, 0.1) is 0 Å². The third-order valence-electron chi connectivity index (χ3n) is 7.78. The average molecular weight is 367 g/mol. The molecule has 2 saturated carbocycles. The summed E-state index contributed by atoms with van der Waals surface area (Å²) in [4.78, 5) is 0. The van der Waals surface area contributed by atoms with Crippen molar-refractivity contribution in [3.8, 4) is 0 Å². The Morgan fingerprint density at radius 1 is 0.500 bits per heavy atom. The zero-order valence-corrected chi connectivity index (χ0v) is 16.8. The van der Waals surface area contributed by atoms with E-state index in [0.29, 0.717) is 0 Å². The van der Waals surface area contributed by atoms with Crippen molar-refractivity contribution in [2.24, 2.45) is 0 Å². The second-order valence-corrected chi connectivity index (χ2v) is 9.41. The molecule has 0 atom stereocenters. The lowest BCUT2D eigenvalue weighted by molar-refractivity contribution is 0.445. The van der Waals surface area contributed by atoms with Gasteiger partial charge in [0.2, 0.25) is 0 Å². The summed E-state index contributed by atoms with van der Waals surface area (Å²) in [5, 5.41) is 9.08. The molecule has 0 amide bonds. The van der Waals surface area contributed by atoms with Gasteiger partial charge < -0.3 is 0 Å². The van der Waals surface area contributed by atoms with Crippen LogP contribution >= 0.6 is 0 Å². The van der Waals surface area contributed by atoms with E-state index in [2.05, 4.69) is 48.5 Å². The molecule has 2 fully saturated rings. The minimum atomic E-state index is 0.751. The zero-order valence-electron chi connectivity index (χ0n) is 16.8. The first-order chi connectivity index (χ1) is 13.9. The van der Waals surface area contributed by atoms with Crippen molar-refractivity contribution >= 4 is 32.3 Å². The topological polar surface area (TPSA) is 0 Å². The lowest BCUT2D eigenvalue weighted by Crippen LogP contribution is -2.07. The summed E-state index contributed by atoms with van der Waals surface area (Å²) in [6.07, 6.45) is 13.9. The van der Waals surface area contributed by atoms with E-state index in [1.807, 2.05) is 0 Å². The largest absolute Gasteiger partial charge is 0.0610 e. The maximum atomic E-state index is 2.54. The van der Waals surface area contributed by atoms with E-state index in [0.717, 1.165) is 11.8 Å². The molecule has 4 aromatic carbocycles. The summed E-state index contributed by atoms with van der Waals surface area (Å²) >= 11 is 0. The van der Waals surface area contributed by atoms with Gasteiger partial charge in [0.25, 0.3) is 0 Å². The van der Waals surface area contributed by atoms with Gasteiger partial charge in [0.1, 0.15) is 0 Å². The van der Waals surface area contributed by atoms with Gasteiger partial charge in [-0.15, -0.1) is 0 Å². The molecule has 2 aliphatic rings. The van der Waals surface area contributed by atoms with Crippen molar-refractivity contribution < 1.29 is 0 Å². The van der Waals surface area contributed by atoms with Crippen molar-refractivity contribution in [3.63, 3.8) is 0 Å². The first-order valence-electron chi connectivity index (χ1n) is 11.6. The highest BCUT2D eigenvalue weighted by molar-refractivity contribution is 6.24. The monoisotopic (exact) mass is 366 g/mol. The summed E-state index contributed by atoms with van der Waals surface area (Å²) < 4.78 is 0. The Balaban J connectivity index is 1.68. The number of hydrogen-bond donors (Lipinski definition) is 0. The molecule has 142 valence electrons. The van der Waals surface area contributed by atoms with Gasteiger partial charge in [-0.1, -0.05) is 87.1 Å². The molecule has 0 N–H and O–H groups in total. The van der Waals surface area contributed by atoms with Crippen LogP contribution in [0.25, 0.3) is 32.3 Å². The van der Waals surface area contributed by atoms with Gasteiger partial charge in [-0.25, -0.2) is 0 Å². The second-order valence-electron chi connectivity index (χ2n) is 9.41. The van der Waals surface area contributed by atoms with Crippen LogP contribution in [-0.4, -0.2) is 0 Å². The first kappa shape index (κ1) is 16.8. The number of rotatable bonds is 2. The molecule has 0 aliphatic heterocycles. The fraction of sp³-hybridized carbons (Fsp3) is 0.429. The van der Waals surface area contributed by atoms with Gasteiger partial charge in [-0.05, 0) is 81.0 Å². The third-order valence-corrected chi connectivity index (χ3v) is 7.78. The van der Waals surface area contributed by atoms with Crippen LogP contribution in [0.3, 0.4) is 0 Å². The van der Waals surface area contributed by atoms with Gasteiger partial charge in [0.05, 0.1) is 0 Å². The van der Waals surface area contributed by atoms with Crippen molar-refractivity contribution in [1.29, 1.82) is 0 Å². The Labute approximate surface area is 168 Å². The highest BCUT2D eigenvalue weighted by atomic mass is 14.3. The lowest BCUT2D eigenvalue weighted by atomic mass is 9.77. The SMILES string of the molecule is c1cc2cc(C3CCCCC3)c3cccc4c(C5CCCCC5)cc(c1)c2c34. The molecule has 28 heavy (non-hydrogen) atoms. The predicted molar refractivity (Wildman–Crippen MR) is 122 cm³/mol. The summed E-state index contributed by atoms with van der Waals surface area (Å²) in [5.41, 5.74) is 3.26. The highest BCUT2D eigenvalue weighted by Gasteiger charge is 2.23. The molecule has 6 rings (SSSR count). The Morgan fingerprint density at radius 3 is 1.46 bits per heavy atom. The van der Waals surface area contributed by atoms with Gasteiger partial charge in [0, 0.05) is 0 Å². The van der Waals surface area contributed by atoms with Crippen LogP contribution < -0.4 is 0 Å². The van der Waals surface area contributed by atoms with Crippen molar-refractivity contribution in [2.45, 2.75) is 76.0 Å². The summed E-state index contributed by atoms with van der Waals surface area (Å²) in [6, 6.07) is 19.2. The van der Waals surface area contributed by atoms with E-state index in [9.17, 15) is 0 Å². The van der Waals surface area contributed by atoms with E-state index < -0.39 is 0 Å². The summed E-state index contributed by atoms with van der Waals surface area (Å²) in [6.45, 7) is 0. The maximum Gasteiger partial charge on any atom is -0.00211 e. The standard InChI is InChI=1S/C28H30/c1-3-9-19(10-4-1)25-17-21-13-7-14-22-18-26(20-11-5-2-6-12-20)24-16-8-15-23(25)28(24)27(21)22/h7-8,13-20H,1-6,9-12H2. The van der Waals surface area contributed by atoms with Crippen LogP contribution in [0.1, 0.15) is 87.2 Å². The van der Waals surface area contributed by atoms with E-state index >= 15 is 0 Å². The number of benzene rings is 4. The fourth-order valence-corrected chi connectivity index (χ4v) is 6.41. The van der Waals surface area contributed by atoms with Crippen LogP contribution in [-0.2, 0) is 0 Å². The Hall–Kier alpha value is -2.08. The fourth-order valence-electron chi connectivity index (χ4n) is 6.41. The van der Waals surface area contributed by atoms with Crippen molar-refractivity contribution in [3.05, 3.63) is 59.7 Å². The smallest absolute Gasteiger partial charge is 0.00211 e. The molecular formula is C28H30. The molecular weight excluding hydrogens is 336 g/mol. The second kappa shape index (κ2) is 6.76. The minimum Gasteiger partial charge on any atom is -0.0610 e. The summed E-state index contributed by atoms with van der Waals surface area (Å²) in [5.74, 6) is 1.50. The molecule has 0 heterocycles. The molecule has 0 radical (unpaired) electrons. The normalized spacial score (nSPS) is 19.9. The quantitative estimate of drug-likeness (QED) is 0.311. The lowest BCUT2D eigenvalue weighted by Gasteiger charge is -2.27. The van der Waals surface area contributed by atoms with E-state index in [1.54, 1.807) is 27.3 Å². The molecule has 0 aromatic heterocycles. The van der Waals surface area contributed by atoms with Gasteiger partial charge in [-0.2, -0.15) is 0 Å². The molecule has 0 heteroatoms. The zero-order chi connectivity index (χ0) is 18.5. The third kappa shape index (κ3) is 2.57. The predicted octanol–water partition coefficient (Wildman–Crippen LogP) is 8.68. The Kier molecular flexibility index (Phi) is 4.07. The van der Waals surface area contributed by atoms with Crippen LogP contribution in [0.4, 0.5) is 0 Å². The molecule has 0 bridgehead atoms. The van der Waals surface area contributed by atoms with Crippen LogP contribution in [0.15, 0.2) is 48.5 Å². The minimum absolute atomic E-state index is 0.751.